The number of nitrogens with one attached hydrogen (secondary N) is 1. The largest absolute Gasteiger partial charge is 0.417 e. The van der Waals surface area contributed by atoms with E-state index < -0.39 is 38.7 Å². The summed E-state index contributed by atoms with van der Waals surface area (Å²) in [5, 5.41) is 1.81. The average Bonchev–Trinajstić information content (AvgIpc) is 2.56. The van der Waals surface area contributed by atoms with Crippen LogP contribution in [-0.4, -0.2) is 26.6 Å². The molecule has 0 aliphatic heterocycles. The van der Waals surface area contributed by atoms with E-state index in [2.05, 4.69) is 5.32 Å². The van der Waals surface area contributed by atoms with Crippen LogP contribution in [0, 0.1) is 6.92 Å². The fourth-order valence-electron chi connectivity index (χ4n) is 2.57. The summed E-state index contributed by atoms with van der Waals surface area (Å²) in [5.74, 6) is -0.790. The molecule has 10 heteroatoms. The van der Waals surface area contributed by atoms with E-state index in [0.29, 0.717) is 6.07 Å². The van der Waals surface area contributed by atoms with Crippen molar-refractivity contribution < 1.29 is 26.4 Å². The molecule has 1 N–H and O–H groups in total. The van der Waals surface area contributed by atoms with Crippen molar-refractivity contribution in [3.63, 3.8) is 0 Å². The monoisotopic (exact) mass is 434 g/mol. The molecular weight excluding hydrogens is 417 g/mol. The SMILES string of the molecule is Cc1ccc(N(C(C)C(=O)Nc2ccc(Cl)c(C(F)(F)F)c2)S(C)(=O)=O)cc1. The molecule has 0 aliphatic carbocycles. The maximum Gasteiger partial charge on any atom is 0.417 e. The first-order valence-electron chi connectivity index (χ1n) is 8.04. The van der Waals surface area contributed by atoms with Crippen LogP contribution in [0.4, 0.5) is 24.5 Å². The minimum Gasteiger partial charge on any atom is -0.324 e. The van der Waals surface area contributed by atoms with Gasteiger partial charge in [0.1, 0.15) is 6.04 Å². The third-order valence-electron chi connectivity index (χ3n) is 3.92. The third-order valence-corrected chi connectivity index (χ3v) is 5.49. The van der Waals surface area contributed by atoms with Crippen molar-refractivity contribution in [2.24, 2.45) is 0 Å². The van der Waals surface area contributed by atoms with Crippen LogP contribution in [0.2, 0.25) is 5.02 Å². The van der Waals surface area contributed by atoms with Crippen LogP contribution in [0.3, 0.4) is 0 Å². The summed E-state index contributed by atoms with van der Waals surface area (Å²) in [7, 11) is -3.83. The van der Waals surface area contributed by atoms with Gasteiger partial charge in [-0.2, -0.15) is 13.2 Å². The van der Waals surface area contributed by atoms with Gasteiger partial charge in [0.05, 0.1) is 22.5 Å². The zero-order valence-electron chi connectivity index (χ0n) is 15.2. The summed E-state index contributed by atoms with van der Waals surface area (Å²) in [6.07, 6.45) is -3.75. The third kappa shape index (κ3) is 5.17. The van der Waals surface area contributed by atoms with Crippen molar-refractivity contribution in [2.45, 2.75) is 26.1 Å². The van der Waals surface area contributed by atoms with Crippen LogP contribution in [0.15, 0.2) is 42.5 Å². The fourth-order valence-corrected chi connectivity index (χ4v) is 3.97. The number of halogens is 4. The molecule has 0 saturated heterocycles. The number of hydrogen-bond donors (Lipinski definition) is 1. The van der Waals surface area contributed by atoms with Gasteiger partial charge in [-0.3, -0.25) is 9.10 Å². The van der Waals surface area contributed by atoms with Crippen LogP contribution < -0.4 is 9.62 Å². The summed E-state index contributed by atoms with van der Waals surface area (Å²) in [4.78, 5) is 12.6. The van der Waals surface area contributed by atoms with E-state index in [-0.39, 0.29) is 11.4 Å². The Balaban J connectivity index is 2.33. The van der Waals surface area contributed by atoms with Crippen molar-refractivity contribution in [2.75, 3.05) is 15.9 Å². The predicted octanol–water partition coefficient (Wildman–Crippen LogP) is 4.46. The number of amides is 1. The molecule has 0 aromatic heterocycles. The Morgan fingerprint density at radius 2 is 1.71 bits per heavy atom. The molecule has 0 radical (unpaired) electrons. The lowest BCUT2D eigenvalue weighted by Crippen LogP contribution is -2.45. The van der Waals surface area contributed by atoms with Crippen LogP contribution in [0.25, 0.3) is 0 Å². The molecule has 0 bridgehead atoms. The van der Waals surface area contributed by atoms with E-state index in [0.717, 1.165) is 22.2 Å². The number of carbonyl (C=O) groups is 1. The minimum atomic E-state index is -4.69. The highest BCUT2D eigenvalue weighted by molar-refractivity contribution is 7.92. The van der Waals surface area contributed by atoms with Crippen LogP contribution in [0.5, 0.6) is 0 Å². The second-order valence-electron chi connectivity index (χ2n) is 6.25. The van der Waals surface area contributed by atoms with Gasteiger partial charge in [-0.1, -0.05) is 29.3 Å². The Hall–Kier alpha value is -2.26. The van der Waals surface area contributed by atoms with E-state index in [1.165, 1.54) is 13.0 Å². The Bertz CT molecular complexity index is 977. The van der Waals surface area contributed by atoms with Crippen molar-refractivity contribution >= 4 is 38.9 Å². The highest BCUT2D eigenvalue weighted by atomic mass is 35.5. The summed E-state index contributed by atoms with van der Waals surface area (Å²) in [5.41, 5.74) is -0.0814. The summed E-state index contributed by atoms with van der Waals surface area (Å²) in [6.45, 7) is 3.17. The van der Waals surface area contributed by atoms with Crippen molar-refractivity contribution in [3.05, 3.63) is 58.6 Å². The molecule has 0 saturated carbocycles. The molecule has 5 nitrogen and oxygen atoms in total. The first-order valence-corrected chi connectivity index (χ1v) is 10.3. The fraction of sp³-hybridized carbons (Fsp3) is 0.278. The molecule has 2 aromatic rings. The predicted molar refractivity (Wildman–Crippen MR) is 103 cm³/mol. The number of nitrogens with zero attached hydrogens (tertiary/aromatic N) is 1. The van der Waals surface area contributed by atoms with Gasteiger partial charge in [0.2, 0.25) is 15.9 Å². The molecule has 0 spiro atoms. The topological polar surface area (TPSA) is 66.5 Å². The Labute approximate surface area is 166 Å². The zero-order chi connectivity index (χ0) is 21.3. The van der Waals surface area contributed by atoms with Crippen molar-refractivity contribution in [3.8, 4) is 0 Å². The molecule has 0 fully saturated rings. The average molecular weight is 435 g/mol. The molecule has 1 atom stereocenters. The zero-order valence-corrected chi connectivity index (χ0v) is 16.8. The number of alkyl halides is 3. The van der Waals surface area contributed by atoms with Gasteiger partial charge in [-0.05, 0) is 44.2 Å². The van der Waals surface area contributed by atoms with E-state index in [9.17, 15) is 26.4 Å². The quantitative estimate of drug-likeness (QED) is 0.755. The van der Waals surface area contributed by atoms with Gasteiger partial charge in [0.15, 0.2) is 0 Å². The highest BCUT2D eigenvalue weighted by Crippen LogP contribution is 2.36. The maximum absolute atomic E-state index is 13.0. The van der Waals surface area contributed by atoms with Gasteiger partial charge in [-0.15, -0.1) is 0 Å². The first-order chi connectivity index (χ1) is 12.8. The second-order valence-corrected chi connectivity index (χ2v) is 8.52. The molecule has 152 valence electrons. The summed E-state index contributed by atoms with van der Waals surface area (Å²) in [6, 6.07) is 8.18. The normalized spacial score (nSPS) is 13.1. The molecule has 28 heavy (non-hydrogen) atoms. The molecule has 2 rings (SSSR count). The number of sulfonamides is 1. The highest BCUT2D eigenvalue weighted by Gasteiger charge is 2.34. The number of aryl methyl sites for hydroxylation is 1. The first kappa shape index (κ1) is 22.0. The van der Waals surface area contributed by atoms with Gasteiger partial charge in [-0.25, -0.2) is 8.42 Å². The molecule has 0 aliphatic rings. The maximum atomic E-state index is 13.0. The number of anilines is 2. The Morgan fingerprint density at radius 3 is 2.21 bits per heavy atom. The molecular formula is C18H18ClF3N2O3S. The standard InChI is InChI=1S/C18H18ClF3N2O3S/c1-11-4-7-14(8-5-11)24(28(3,26)27)12(2)17(25)23-13-6-9-16(19)15(10-13)18(20,21)22/h4-10,12H,1-3H3,(H,23,25). The van der Waals surface area contributed by atoms with Crippen LogP contribution >= 0.6 is 11.6 Å². The molecule has 1 amide bonds. The lowest BCUT2D eigenvalue weighted by Gasteiger charge is -2.28. The lowest BCUT2D eigenvalue weighted by molar-refractivity contribution is -0.137. The Morgan fingerprint density at radius 1 is 1.14 bits per heavy atom. The lowest BCUT2D eigenvalue weighted by atomic mass is 10.1. The van der Waals surface area contributed by atoms with Gasteiger partial charge in [0, 0.05) is 5.69 Å². The molecule has 0 heterocycles. The number of rotatable bonds is 5. The van der Waals surface area contributed by atoms with Gasteiger partial charge >= 0.3 is 6.18 Å². The van der Waals surface area contributed by atoms with Gasteiger partial charge in [0.25, 0.3) is 0 Å². The van der Waals surface area contributed by atoms with E-state index >= 15 is 0 Å². The smallest absolute Gasteiger partial charge is 0.324 e. The van der Waals surface area contributed by atoms with Crippen molar-refractivity contribution in [1.82, 2.24) is 0 Å². The van der Waals surface area contributed by atoms with E-state index in [1.807, 2.05) is 6.92 Å². The Kier molecular flexibility index (Phi) is 6.30. The van der Waals surface area contributed by atoms with Gasteiger partial charge < -0.3 is 5.32 Å². The molecule has 2 aromatic carbocycles. The van der Waals surface area contributed by atoms with E-state index in [4.69, 9.17) is 11.6 Å². The van der Waals surface area contributed by atoms with E-state index in [1.54, 1.807) is 24.3 Å². The second kappa shape index (κ2) is 8.00. The number of benzene rings is 2. The minimum absolute atomic E-state index is 0.147. The summed E-state index contributed by atoms with van der Waals surface area (Å²) >= 11 is 5.56. The van der Waals surface area contributed by atoms with Crippen LogP contribution in [0.1, 0.15) is 18.1 Å². The number of carbonyl (C=O) groups excluding carboxylic acids is 1. The number of hydrogen-bond acceptors (Lipinski definition) is 3. The van der Waals surface area contributed by atoms with Crippen molar-refractivity contribution in [1.29, 1.82) is 0 Å². The molecule has 1 unspecified atom stereocenters. The summed E-state index contributed by atoms with van der Waals surface area (Å²) < 4.78 is 64.3. The van der Waals surface area contributed by atoms with Crippen LogP contribution in [-0.2, 0) is 21.0 Å².